The molecule has 5 nitrogen and oxygen atoms in total. The monoisotopic (exact) mass is 267 g/mol. The molecule has 0 aliphatic rings. The van der Waals surface area contributed by atoms with E-state index in [2.05, 4.69) is 57.4 Å². The Labute approximate surface area is 117 Å². The molecule has 0 atom stereocenters. The van der Waals surface area contributed by atoms with Gasteiger partial charge in [0.15, 0.2) is 0 Å². The maximum Gasteiger partial charge on any atom is 0.138 e. The highest BCUT2D eigenvalue weighted by Crippen LogP contribution is 2.13. The molecule has 0 fully saturated rings. The lowest BCUT2D eigenvalue weighted by molar-refractivity contribution is 0.724. The highest BCUT2D eigenvalue weighted by atomic mass is 15.3. The summed E-state index contributed by atoms with van der Waals surface area (Å²) in [6, 6.07) is 12.4. The fourth-order valence-electron chi connectivity index (χ4n) is 2.18. The van der Waals surface area contributed by atoms with Crippen molar-refractivity contribution in [3.8, 4) is 5.69 Å². The minimum Gasteiger partial charge on any atom is -0.379 e. The Morgan fingerprint density at radius 1 is 1.15 bits per heavy atom. The van der Waals surface area contributed by atoms with Crippen LogP contribution < -0.4 is 5.32 Å². The lowest BCUT2D eigenvalue weighted by Crippen LogP contribution is -2.06. The van der Waals surface area contributed by atoms with Gasteiger partial charge in [-0.1, -0.05) is 0 Å². The Bertz CT molecular complexity index is 652. The summed E-state index contributed by atoms with van der Waals surface area (Å²) in [5.74, 6) is 0. The number of benzene rings is 1. The number of nitrogens with zero attached hydrogens (tertiary/aromatic N) is 4. The van der Waals surface area contributed by atoms with E-state index in [9.17, 15) is 0 Å². The highest BCUT2D eigenvalue weighted by Gasteiger charge is 2.00. The number of nitrogens with one attached hydrogen (secondary N) is 1. The van der Waals surface area contributed by atoms with Crippen LogP contribution in [0.3, 0.4) is 0 Å². The molecule has 0 saturated carbocycles. The fourth-order valence-corrected chi connectivity index (χ4v) is 2.18. The molecule has 0 spiro atoms. The van der Waals surface area contributed by atoms with Crippen LogP contribution >= 0.6 is 0 Å². The second-order valence-corrected chi connectivity index (χ2v) is 4.53. The first-order valence-corrected chi connectivity index (χ1v) is 6.70. The number of rotatable bonds is 5. The molecular weight excluding hydrogens is 250 g/mol. The molecule has 2 heterocycles. The summed E-state index contributed by atoms with van der Waals surface area (Å²) in [6.45, 7) is 3.97. The maximum atomic E-state index is 4.11. The van der Waals surface area contributed by atoms with Gasteiger partial charge in [-0.25, -0.2) is 9.67 Å². The molecule has 1 aromatic carbocycles. The standard InChI is InChI=1S/C15H17N5/c1-2-19-9-3-4-15(19)10-17-13-5-7-14(8-6-13)20-12-16-11-18-20/h3-9,11-12,17H,2,10H2,1H3. The predicted octanol–water partition coefficient (Wildman–Crippen LogP) is 2.70. The molecule has 102 valence electrons. The summed E-state index contributed by atoms with van der Waals surface area (Å²) in [6.07, 6.45) is 5.33. The summed E-state index contributed by atoms with van der Waals surface area (Å²) in [5, 5.41) is 7.54. The lowest BCUT2D eigenvalue weighted by atomic mass is 10.2. The van der Waals surface area contributed by atoms with Crippen LogP contribution in [0.2, 0.25) is 0 Å². The average molecular weight is 267 g/mol. The third kappa shape index (κ3) is 2.56. The van der Waals surface area contributed by atoms with Crippen molar-refractivity contribution in [3.05, 3.63) is 60.9 Å². The molecule has 0 amide bonds. The number of aryl methyl sites for hydroxylation is 1. The zero-order valence-electron chi connectivity index (χ0n) is 11.4. The molecule has 0 saturated heterocycles. The molecule has 5 heteroatoms. The quantitative estimate of drug-likeness (QED) is 0.773. The molecule has 0 radical (unpaired) electrons. The number of hydrogen-bond donors (Lipinski definition) is 1. The Morgan fingerprint density at radius 2 is 2.00 bits per heavy atom. The van der Waals surface area contributed by atoms with E-state index in [0.29, 0.717) is 0 Å². The Balaban J connectivity index is 1.67. The Hall–Kier alpha value is -2.56. The molecule has 1 N–H and O–H groups in total. The van der Waals surface area contributed by atoms with Gasteiger partial charge in [-0.2, -0.15) is 5.10 Å². The topological polar surface area (TPSA) is 47.7 Å². The van der Waals surface area contributed by atoms with E-state index >= 15 is 0 Å². The molecule has 0 aliphatic carbocycles. The summed E-state index contributed by atoms with van der Waals surface area (Å²) >= 11 is 0. The van der Waals surface area contributed by atoms with E-state index in [1.807, 2.05) is 12.1 Å². The van der Waals surface area contributed by atoms with Crippen LogP contribution in [0.1, 0.15) is 12.6 Å². The zero-order valence-corrected chi connectivity index (χ0v) is 11.4. The van der Waals surface area contributed by atoms with Gasteiger partial charge in [-0.05, 0) is 43.3 Å². The molecule has 3 aromatic rings. The first kappa shape index (κ1) is 12.5. The van der Waals surface area contributed by atoms with E-state index in [-0.39, 0.29) is 0 Å². The third-order valence-electron chi connectivity index (χ3n) is 3.29. The zero-order chi connectivity index (χ0) is 13.8. The van der Waals surface area contributed by atoms with Gasteiger partial charge in [0.1, 0.15) is 12.7 Å². The van der Waals surface area contributed by atoms with E-state index in [1.165, 1.54) is 12.0 Å². The molecule has 2 aromatic heterocycles. The first-order valence-electron chi connectivity index (χ1n) is 6.70. The van der Waals surface area contributed by atoms with Gasteiger partial charge in [-0.3, -0.25) is 0 Å². The van der Waals surface area contributed by atoms with Crippen molar-refractivity contribution >= 4 is 5.69 Å². The molecule has 3 rings (SSSR count). The third-order valence-corrected chi connectivity index (χ3v) is 3.29. The first-order chi connectivity index (χ1) is 9.86. The van der Waals surface area contributed by atoms with Crippen molar-refractivity contribution in [2.45, 2.75) is 20.0 Å². The molecule has 0 aliphatic heterocycles. The smallest absolute Gasteiger partial charge is 0.138 e. The van der Waals surface area contributed by atoms with E-state index in [4.69, 9.17) is 0 Å². The number of aromatic nitrogens is 4. The van der Waals surface area contributed by atoms with Gasteiger partial charge in [0.25, 0.3) is 0 Å². The Kier molecular flexibility index (Phi) is 3.50. The molecule has 0 bridgehead atoms. The van der Waals surface area contributed by atoms with E-state index in [0.717, 1.165) is 24.5 Å². The normalized spacial score (nSPS) is 10.7. The van der Waals surface area contributed by atoms with E-state index in [1.54, 1.807) is 11.0 Å². The highest BCUT2D eigenvalue weighted by molar-refractivity contribution is 5.48. The number of anilines is 1. The summed E-state index contributed by atoms with van der Waals surface area (Å²) in [7, 11) is 0. The van der Waals surface area contributed by atoms with Gasteiger partial charge in [0.2, 0.25) is 0 Å². The van der Waals surface area contributed by atoms with Gasteiger partial charge in [-0.15, -0.1) is 0 Å². The van der Waals surface area contributed by atoms with Gasteiger partial charge in [0.05, 0.1) is 12.2 Å². The maximum absolute atomic E-state index is 4.11. The number of hydrogen-bond acceptors (Lipinski definition) is 3. The van der Waals surface area contributed by atoms with Gasteiger partial charge in [0, 0.05) is 24.1 Å². The summed E-state index contributed by atoms with van der Waals surface area (Å²) < 4.78 is 3.97. The largest absolute Gasteiger partial charge is 0.379 e. The van der Waals surface area contributed by atoms with Crippen molar-refractivity contribution in [1.29, 1.82) is 0 Å². The minimum absolute atomic E-state index is 0.823. The Morgan fingerprint density at radius 3 is 2.70 bits per heavy atom. The van der Waals surface area contributed by atoms with Crippen LogP contribution in [0, 0.1) is 0 Å². The predicted molar refractivity (Wildman–Crippen MR) is 78.8 cm³/mol. The fraction of sp³-hybridized carbons (Fsp3) is 0.200. The molecule has 0 unspecified atom stereocenters. The average Bonchev–Trinajstić information content (AvgIpc) is 3.16. The van der Waals surface area contributed by atoms with Crippen LogP contribution in [0.5, 0.6) is 0 Å². The van der Waals surface area contributed by atoms with Crippen LogP contribution in [0.15, 0.2) is 55.2 Å². The van der Waals surface area contributed by atoms with Crippen molar-refractivity contribution in [1.82, 2.24) is 19.3 Å². The van der Waals surface area contributed by atoms with Crippen LogP contribution in [0.4, 0.5) is 5.69 Å². The van der Waals surface area contributed by atoms with E-state index < -0.39 is 0 Å². The molecular formula is C15H17N5. The van der Waals surface area contributed by atoms with Gasteiger partial charge >= 0.3 is 0 Å². The van der Waals surface area contributed by atoms with Crippen LogP contribution in [-0.2, 0) is 13.1 Å². The summed E-state index contributed by atoms with van der Waals surface area (Å²) in [5.41, 5.74) is 3.38. The van der Waals surface area contributed by atoms with Crippen molar-refractivity contribution in [3.63, 3.8) is 0 Å². The van der Waals surface area contributed by atoms with Crippen molar-refractivity contribution in [2.24, 2.45) is 0 Å². The van der Waals surface area contributed by atoms with Crippen molar-refractivity contribution in [2.75, 3.05) is 5.32 Å². The summed E-state index contributed by atoms with van der Waals surface area (Å²) in [4.78, 5) is 3.94. The van der Waals surface area contributed by atoms with Crippen molar-refractivity contribution < 1.29 is 0 Å². The van der Waals surface area contributed by atoms with Gasteiger partial charge < -0.3 is 9.88 Å². The van der Waals surface area contributed by atoms with Crippen LogP contribution in [-0.4, -0.2) is 19.3 Å². The second kappa shape index (κ2) is 5.61. The SMILES string of the molecule is CCn1cccc1CNc1ccc(-n2cncn2)cc1. The lowest BCUT2D eigenvalue weighted by Gasteiger charge is -2.10. The molecule has 20 heavy (non-hydrogen) atoms. The second-order valence-electron chi connectivity index (χ2n) is 4.53. The minimum atomic E-state index is 0.823. The van der Waals surface area contributed by atoms with Crippen LogP contribution in [0.25, 0.3) is 5.69 Å².